The zero-order valence-corrected chi connectivity index (χ0v) is 15.3. The molecule has 0 aliphatic rings. The topological polar surface area (TPSA) is 51.5 Å². The van der Waals surface area contributed by atoms with Crippen molar-refractivity contribution in [1.29, 1.82) is 0 Å². The molecular weight excluding hydrogens is 373 g/mol. The fourth-order valence-electron chi connectivity index (χ4n) is 2.36. The lowest BCUT2D eigenvalue weighted by Crippen LogP contribution is -2.08. The minimum absolute atomic E-state index is 0.332. The van der Waals surface area contributed by atoms with E-state index in [2.05, 4.69) is 5.32 Å². The minimum Gasteiger partial charge on any atom is -0.495 e. The summed E-state index contributed by atoms with van der Waals surface area (Å²) in [5.74, 6) is 1.36. The monoisotopic (exact) mass is 387 g/mol. The van der Waals surface area contributed by atoms with Gasteiger partial charge in [0.1, 0.15) is 17.3 Å². The van der Waals surface area contributed by atoms with Crippen LogP contribution in [0.3, 0.4) is 0 Å². The maximum Gasteiger partial charge on any atom is 0.248 e. The van der Waals surface area contributed by atoms with Gasteiger partial charge >= 0.3 is 0 Å². The van der Waals surface area contributed by atoms with Crippen LogP contribution in [0.5, 0.6) is 5.75 Å². The van der Waals surface area contributed by atoms with E-state index in [1.165, 1.54) is 13.2 Å². The van der Waals surface area contributed by atoms with E-state index in [4.69, 9.17) is 32.4 Å². The molecule has 132 valence electrons. The van der Waals surface area contributed by atoms with Crippen LogP contribution in [0, 0.1) is 0 Å². The molecule has 3 aromatic rings. The molecular formula is C20H15Cl2NO3. The molecule has 0 unspecified atom stereocenters. The summed E-state index contributed by atoms with van der Waals surface area (Å²) in [6, 6.07) is 16.0. The SMILES string of the molecule is COc1ccc(Cl)cc1NC(=O)/C=C/c1ccc(-c2ccccc2Cl)o1. The fourth-order valence-corrected chi connectivity index (χ4v) is 2.76. The normalized spacial score (nSPS) is 10.9. The molecule has 1 amide bonds. The van der Waals surface area contributed by atoms with Crippen LogP contribution in [0.25, 0.3) is 17.4 Å². The Morgan fingerprint density at radius 3 is 2.69 bits per heavy atom. The summed E-state index contributed by atoms with van der Waals surface area (Å²) in [6.45, 7) is 0. The van der Waals surface area contributed by atoms with E-state index < -0.39 is 0 Å². The molecule has 0 saturated carbocycles. The molecule has 26 heavy (non-hydrogen) atoms. The first-order valence-corrected chi connectivity index (χ1v) is 8.50. The highest BCUT2D eigenvalue weighted by Gasteiger charge is 2.08. The number of ether oxygens (including phenoxy) is 1. The van der Waals surface area contributed by atoms with Crippen LogP contribution in [0.1, 0.15) is 5.76 Å². The smallest absolute Gasteiger partial charge is 0.248 e. The first-order valence-electron chi connectivity index (χ1n) is 7.74. The molecule has 2 aromatic carbocycles. The maximum atomic E-state index is 12.1. The first-order chi connectivity index (χ1) is 12.6. The van der Waals surface area contributed by atoms with Crippen molar-refractivity contribution >= 4 is 40.9 Å². The van der Waals surface area contributed by atoms with Crippen molar-refractivity contribution < 1.29 is 13.9 Å². The van der Waals surface area contributed by atoms with Crippen molar-refractivity contribution in [3.63, 3.8) is 0 Å². The zero-order valence-electron chi connectivity index (χ0n) is 13.8. The lowest BCUT2D eigenvalue weighted by Gasteiger charge is -2.08. The van der Waals surface area contributed by atoms with Gasteiger partial charge in [0.2, 0.25) is 5.91 Å². The van der Waals surface area contributed by atoms with E-state index in [0.717, 1.165) is 5.56 Å². The quantitative estimate of drug-likeness (QED) is 0.553. The Bertz CT molecular complexity index is 963. The molecule has 0 fully saturated rings. The van der Waals surface area contributed by atoms with Gasteiger partial charge in [-0.05, 0) is 48.5 Å². The summed E-state index contributed by atoms with van der Waals surface area (Å²) in [4.78, 5) is 12.1. The molecule has 0 saturated heterocycles. The number of methoxy groups -OCH3 is 1. The molecule has 1 aromatic heterocycles. The van der Waals surface area contributed by atoms with Gasteiger partial charge in [0.05, 0.1) is 17.8 Å². The van der Waals surface area contributed by atoms with Crippen molar-refractivity contribution in [3.8, 4) is 17.1 Å². The maximum absolute atomic E-state index is 12.1. The molecule has 6 heteroatoms. The van der Waals surface area contributed by atoms with Gasteiger partial charge in [0.25, 0.3) is 0 Å². The van der Waals surface area contributed by atoms with Crippen molar-refractivity contribution in [2.75, 3.05) is 12.4 Å². The highest BCUT2D eigenvalue weighted by atomic mass is 35.5. The molecule has 0 atom stereocenters. The number of hydrogen-bond donors (Lipinski definition) is 1. The molecule has 3 rings (SSSR count). The van der Waals surface area contributed by atoms with Crippen LogP contribution in [0.2, 0.25) is 10.0 Å². The van der Waals surface area contributed by atoms with Crippen molar-refractivity contribution in [1.82, 2.24) is 0 Å². The average molecular weight is 388 g/mol. The molecule has 0 bridgehead atoms. The molecule has 0 radical (unpaired) electrons. The van der Waals surface area contributed by atoms with Crippen molar-refractivity contribution in [2.24, 2.45) is 0 Å². The second-order valence-electron chi connectivity index (χ2n) is 5.35. The molecule has 1 heterocycles. The van der Waals surface area contributed by atoms with Gasteiger partial charge in [-0.15, -0.1) is 0 Å². The summed E-state index contributed by atoms with van der Waals surface area (Å²) >= 11 is 12.1. The van der Waals surface area contributed by atoms with Crippen molar-refractivity contribution in [2.45, 2.75) is 0 Å². The number of carbonyl (C=O) groups is 1. The van der Waals surface area contributed by atoms with E-state index in [0.29, 0.717) is 33.0 Å². The minimum atomic E-state index is -0.332. The van der Waals surface area contributed by atoms with Gasteiger partial charge in [-0.25, -0.2) is 0 Å². The third kappa shape index (κ3) is 4.28. The highest BCUT2D eigenvalue weighted by molar-refractivity contribution is 6.33. The first kappa shape index (κ1) is 18.1. The van der Waals surface area contributed by atoms with Gasteiger partial charge in [0.15, 0.2) is 0 Å². The van der Waals surface area contributed by atoms with Crippen LogP contribution in [0.4, 0.5) is 5.69 Å². The number of benzene rings is 2. The summed E-state index contributed by atoms with van der Waals surface area (Å²) in [7, 11) is 1.52. The number of anilines is 1. The Morgan fingerprint density at radius 1 is 1.12 bits per heavy atom. The molecule has 4 nitrogen and oxygen atoms in total. The average Bonchev–Trinajstić information content (AvgIpc) is 3.09. The number of amides is 1. The Morgan fingerprint density at radius 2 is 1.92 bits per heavy atom. The second-order valence-corrected chi connectivity index (χ2v) is 6.19. The van der Waals surface area contributed by atoms with Crippen LogP contribution >= 0.6 is 23.2 Å². The third-order valence-corrected chi connectivity index (χ3v) is 4.15. The van der Waals surface area contributed by atoms with Crippen LogP contribution < -0.4 is 10.1 Å². The number of halogens is 2. The number of hydrogen-bond acceptors (Lipinski definition) is 3. The second kappa shape index (κ2) is 8.13. The number of rotatable bonds is 5. The Hall–Kier alpha value is -2.69. The Balaban J connectivity index is 1.72. The third-order valence-electron chi connectivity index (χ3n) is 3.58. The molecule has 0 spiro atoms. The Kier molecular flexibility index (Phi) is 5.66. The number of carbonyl (C=O) groups excluding carboxylic acids is 1. The van der Waals surface area contributed by atoms with Crippen molar-refractivity contribution in [3.05, 3.63) is 76.5 Å². The lowest BCUT2D eigenvalue weighted by molar-refractivity contribution is -0.111. The van der Waals surface area contributed by atoms with Crippen LogP contribution in [-0.2, 0) is 4.79 Å². The van der Waals surface area contributed by atoms with E-state index >= 15 is 0 Å². The van der Waals surface area contributed by atoms with Crippen LogP contribution in [-0.4, -0.2) is 13.0 Å². The summed E-state index contributed by atoms with van der Waals surface area (Å²) in [5.41, 5.74) is 1.28. The van der Waals surface area contributed by atoms with Gasteiger partial charge in [-0.3, -0.25) is 4.79 Å². The van der Waals surface area contributed by atoms with Crippen LogP contribution in [0.15, 0.2) is 65.1 Å². The molecule has 0 aliphatic heterocycles. The van der Waals surface area contributed by atoms with Gasteiger partial charge in [-0.1, -0.05) is 35.3 Å². The Labute approximate surface area is 161 Å². The fraction of sp³-hybridized carbons (Fsp3) is 0.0500. The van der Waals surface area contributed by atoms with Gasteiger partial charge < -0.3 is 14.5 Å². The highest BCUT2D eigenvalue weighted by Crippen LogP contribution is 2.30. The van der Waals surface area contributed by atoms with E-state index in [1.807, 2.05) is 18.2 Å². The van der Waals surface area contributed by atoms with E-state index in [1.54, 1.807) is 42.5 Å². The van der Waals surface area contributed by atoms with E-state index in [9.17, 15) is 4.79 Å². The summed E-state index contributed by atoms with van der Waals surface area (Å²) in [6.07, 6.45) is 2.95. The predicted octanol–water partition coefficient (Wildman–Crippen LogP) is 5.91. The zero-order chi connectivity index (χ0) is 18.5. The molecule has 1 N–H and O–H groups in total. The van der Waals surface area contributed by atoms with E-state index in [-0.39, 0.29) is 5.91 Å². The largest absolute Gasteiger partial charge is 0.495 e. The number of furan rings is 1. The lowest BCUT2D eigenvalue weighted by atomic mass is 10.2. The predicted molar refractivity (Wildman–Crippen MR) is 105 cm³/mol. The summed E-state index contributed by atoms with van der Waals surface area (Å²) in [5, 5.41) is 3.82. The van der Waals surface area contributed by atoms with Gasteiger partial charge in [-0.2, -0.15) is 0 Å². The number of nitrogens with one attached hydrogen (secondary N) is 1. The molecule has 0 aliphatic carbocycles. The standard InChI is InChI=1S/C20H15Cl2NO3/c1-25-19-9-6-13(21)12-17(19)23-20(24)11-8-14-7-10-18(26-14)15-4-2-3-5-16(15)22/h2-12H,1H3,(H,23,24)/b11-8+. The summed E-state index contributed by atoms with van der Waals surface area (Å²) < 4.78 is 10.9. The van der Waals surface area contributed by atoms with Gasteiger partial charge in [0, 0.05) is 16.7 Å².